The SMILES string of the molecule is Cc1cc(C(=O)COC(=O)c2cc(Cl)ccc2[N+](=O)[O-])c(C)n1C[C@H]1COc2ccccc2O1. The van der Waals surface area contributed by atoms with Crippen LogP contribution in [-0.4, -0.2) is 40.6 Å². The molecule has 176 valence electrons. The van der Waals surface area contributed by atoms with Gasteiger partial charge in [0.25, 0.3) is 5.69 Å². The molecule has 0 amide bonds. The van der Waals surface area contributed by atoms with Crippen molar-refractivity contribution in [1.82, 2.24) is 4.57 Å². The topological polar surface area (TPSA) is 110 Å². The number of nitro groups is 1. The van der Waals surface area contributed by atoms with Gasteiger partial charge in [-0.15, -0.1) is 0 Å². The van der Waals surface area contributed by atoms with Crippen LogP contribution >= 0.6 is 11.6 Å². The number of aryl methyl sites for hydroxylation is 1. The minimum atomic E-state index is -0.997. The standard InChI is InChI=1S/C24H21ClN2O7/c1-14-9-18(15(2)26(14)11-17-12-32-22-5-3-4-6-23(22)34-17)21(28)13-33-24(29)19-10-16(25)7-8-20(19)27(30)31/h3-10,17H,11-13H2,1-2H3/t17-/m0/s1. The predicted molar refractivity (Wildman–Crippen MR) is 123 cm³/mol. The highest BCUT2D eigenvalue weighted by Crippen LogP contribution is 2.31. The molecule has 1 aliphatic heterocycles. The van der Waals surface area contributed by atoms with Crippen molar-refractivity contribution >= 4 is 29.0 Å². The third-order valence-corrected chi connectivity index (χ3v) is 5.77. The maximum Gasteiger partial charge on any atom is 0.345 e. The molecule has 2 aromatic carbocycles. The number of nitro benzene ring substituents is 1. The molecule has 1 aromatic heterocycles. The molecule has 0 N–H and O–H groups in total. The minimum absolute atomic E-state index is 0.143. The van der Waals surface area contributed by atoms with Gasteiger partial charge in [0.15, 0.2) is 24.2 Å². The van der Waals surface area contributed by atoms with Crippen molar-refractivity contribution in [3.05, 3.63) is 86.2 Å². The number of nitrogens with zero attached hydrogens (tertiary/aromatic N) is 2. The molecule has 0 aliphatic carbocycles. The number of fused-ring (bicyclic) bond motifs is 1. The molecule has 10 heteroatoms. The first kappa shape index (κ1) is 23.3. The van der Waals surface area contributed by atoms with E-state index in [0.29, 0.717) is 35.9 Å². The van der Waals surface area contributed by atoms with E-state index in [1.165, 1.54) is 6.07 Å². The molecule has 1 atom stereocenters. The number of hydrogen-bond donors (Lipinski definition) is 0. The normalized spacial score (nSPS) is 14.5. The van der Waals surface area contributed by atoms with Crippen LogP contribution in [0.25, 0.3) is 0 Å². The van der Waals surface area contributed by atoms with Gasteiger partial charge >= 0.3 is 5.97 Å². The van der Waals surface area contributed by atoms with Crippen molar-refractivity contribution in [1.29, 1.82) is 0 Å². The van der Waals surface area contributed by atoms with E-state index < -0.39 is 29.0 Å². The van der Waals surface area contributed by atoms with Gasteiger partial charge in [0.2, 0.25) is 5.78 Å². The second kappa shape index (κ2) is 9.56. The first-order valence-corrected chi connectivity index (χ1v) is 10.8. The lowest BCUT2D eigenvalue weighted by Crippen LogP contribution is -2.33. The Labute approximate surface area is 199 Å². The molecular weight excluding hydrogens is 464 g/mol. The lowest BCUT2D eigenvalue weighted by Gasteiger charge is -2.27. The molecule has 0 bridgehead atoms. The molecule has 0 saturated heterocycles. The Hall–Kier alpha value is -3.85. The van der Waals surface area contributed by atoms with Crippen molar-refractivity contribution in [2.24, 2.45) is 0 Å². The van der Waals surface area contributed by atoms with Gasteiger partial charge in [-0.3, -0.25) is 14.9 Å². The molecule has 34 heavy (non-hydrogen) atoms. The summed E-state index contributed by atoms with van der Waals surface area (Å²) in [5.41, 5.74) is 1.15. The fourth-order valence-electron chi connectivity index (χ4n) is 3.84. The van der Waals surface area contributed by atoms with Crippen LogP contribution < -0.4 is 9.47 Å². The Bertz CT molecular complexity index is 1280. The molecule has 1 aliphatic rings. The average molecular weight is 485 g/mol. The van der Waals surface area contributed by atoms with Crippen molar-refractivity contribution < 1.29 is 28.7 Å². The highest BCUT2D eigenvalue weighted by atomic mass is 35.5. The predicted octanol–water partition coefficient (Wildman–Crippen LogP) is 4.55. The van der Waals surface area contributed by atoms with E-state index in [2.05, 4.69) is 0 Å². The molecule has 0 spiro atoms. The van der Waals surface area contributed by atoms with Gasteiger partial charge in [-0.25, -0.2) is 4.79 Å². The maximum atomic E-state index is 12.8. The molecule has 0 unspecified atom stereocenters. The third kappa shape index (κ3) is 4.74. The number of Topliss-reactive ketones (excluding diaryl/α,β-unsaturated/α-hetero) is 1. The van der Waals surface area contributed by atoms with E-state index in [1.807, 2.05) is 35.8 Å². The van der Waals surface area contributed by atoms with Gasteiger partial charge in [-0.2, -0.15) is 0 Å². The second-order valence-electron chi connectivity index (χ2n) is 7.81. The summed E-state index contributed by atoms with van der Waals surface area (Å²) >= 11 is 5.85. The fourth-order valence-corrected chi connectivity index (χ4v) is 4.01. The summed E-state index contributed by atoms with van der Waals surface area (Å²) in [4.78, 5) is 35.7. The van der Waals surface area contributed by atoms with Crippen LogP contribution in [0.1, 0.15) is 32.1 Å². The smallest absolute Gasteiger partial charge is 0.345 e. The molecule has 9 nitrogen and oxygen atoms in total. The number of carbonyl (C=O) groups excluding carboxylic acids is 2. The van der Waals surface area contributed by atoms with Gasteiger partial charge in [-0.05, 0) is 44.2 Å². The van der Waals surface area contributed by atoms with E-state index >= 15 is 0 Å². The molecule has 0 saturated carbocycles. The summed E-state index contributed by atoms with van der Waals surface area (Å²) in [7, 11) is 0. The van der Waals surface area contributed by atoms with Crippen LogP contribution in [-0.2, 0) is 11.3 Å². The minimum Gasteiger partial charge on any atom is -0.486 e. The zero-order valence-corrected chi connectivity index (χ0v) is 19.2. The highest BCUT2D eigenvalue weighted by Gasteiger charge is 2.26. The average Bonchev–Trinajstić information content (AvgIpc) is 3.10. The van der Waals surface area contributed by atoms with Crippen LogP contribution in [0.5, 0.6) is 11.5 Å². The van der Waals surface area contributed by atoms with Crippen LogP contribution in [0.4, 0.5) is 5.69 Å². The van der Waals surface area contributed by atoms with Crippen molar-refractivity contribution in [3.8, 4) is 11.5 Å². The number of ether oxygens (including phenoxy) is 3. The van der Waals surface area contributed by atoms with Gasteiger partial charge in [-0.1, -0.05) is 23.7 Å². The molecule has 0 radical (unpaired) electrons. The Kier molecular flexibility index (Phi) is 6.56. The summed E-state index contributed by atoms with van der Waals surface area (Å²) in [6.07, 6.45) is -0.246. The van der Waals surface area contributed by atoms with Crippen LogP contribution in [0.15, 0.2) is 48.5 Å². The van der Waals surface area contributed by atoms with Gasteiger partial charge in [0.05, 0.1) is 11.5 Å². The first-order valence-electron chi connectivity index (χ1n) is 10.4. The Morgan fingerprint density at radius 2 is 1.88 bits per heavy atom. The van der Waals surface area contributed by atoms with E-state index in [0.717, 1.165) is 17.8 Å². The molecule has 0 fully saturated rings. The number of ketones is 1. The largest absolute Gasteiger partial charge is 0.486 e. The van der Waals surface area contributed by atoms with Crippen molar-refractivity contribution in [2.75, 3.05) is 13.2 Å². The zero-order valence-electron chi connectivity index (χ0n) is 18.4. The Balaban J connectivity index is 1.44. The van der Waals surface area contributed by atoms with E-state index in [1.54, 1.807) is 13.0 Å². The number of para-hydroxylation sites is 2. The first-order chi connectivity index (χ1) is 16.2. The number of halogens is 1. The fraction of sp³-hybridized carbons (Fsp3) is 0.250. The van der Waals surface area contributed by atoms with Gasteiger partial charge in [0, 0.05) is 28.0 Å². The van der Waals surface area contributed by atoms with Crippen molar-refractivity contribution in [2.45, 2.75) is 26.5 Å². The molecular formula is C24H21ClN2O7. The Morgan fingerprint density at radius 3 is 2.62 bits per heavy atom. The summed E-state index contributed by atoms with van der Waals surface area (Å²) in [5, 5.41) is 11.3. The summed E-state index contributed by atoms with van der Waals surface area (Å²) in [6, 6.07) is 12.7. The molecule has 2 heterocycles. The number of hydrogen-bond acceptors (Lipinski definition) is 7. The summed E-state index contributed by atoms with van der Waals surface area (Å²) in [6.45, 7) is 3.93. The number of esters is 1. The highest BCUT2D eigenvalue weighted by molar-refractivity contribution is 6.31. The van der Waals surface area contributed by atoms with Crippen LogP contribution in [0, 0.1) is 24.0 Å². The maximum absolute atomic E-state index is 12.8. The van der Waals surface area contributed by atoms with Gasteiger partial charge < -0.3 is 18.8 Å². The number of carbonyl (C=O) groups is 2. The molecule has 4 rings (SSSR count). The Morgan fingerprint density at radius 1 is 1.15 bits per heavy atom. The van der Waals surface area contributed by atoms with Crippen LogP contribution in [0.3, 0.4) is 0 Å². The quantitative estimate of drug-likeness (QED) is 0.209. The number of benzene rings is 2. The summed E-state index contributed by atoms with van der Waals surface area (Å²) in [5.74, 6) is -0.0665. The van der Waals surface area contributed by atoms with Crippen LogP contribution in [0.2, 0.25) is 5.02 Å². The monoisotopic (exact) mass is 484 g/mol. The molecule has 3 aromatic rings. The van der Waals surface area contributed by atoms with E-state index in [4.69, 9.17) is 25.8 Å². The summed E-state index contributed by atoms with van der Waals surface area (Å²) < 4.78 is 18.8. The van der Waals surface area contributed by atoms with E-state index in [9.17, 15) is 19.7 Å². The zero-order chi connectivity index (χ0) is 24.4. The third-order valence-electron chi connectivity index (χ3n) is 5.54. The van der Waals surface area contributed by atoms with Gasteiger partial charge in [0.1, 0.15) is 12.2 Å². The van der Waals surface area contributed by atoms with E-state index in [-0.39, 0.29) is 16.7 Å². The number of aromatic nitrogens is 1. The number of rotatable bonds is 7. The second-order valence-corrected chi connectivity index (χ2v) is 8.25. The lowest BCUT2D eigenvalue weighted by atomic mass is 10.1. The van der Waals surface area contributed by atoms with Crippen molar-refractivity contribution in [3.63, 3.8) is 0 Å². The lowest BCUT2D eigenvalue weighted by molar-refractivity contribution is -0.385.